The average Bonchev–Trinajstić information content (AvgIpc) is 2.69. The molecule has 0 aromatic rings. The van der Waals surface area contributed by atoms with Gasteiger partial charge in [0.1, 0.15) is 24.9 Å². The van der Waals surface area contributed by atoms with Gasteiger partial charge in [-0.1, -0.05) is 78.1 Å². The van der Waals surface area contributed by atoms with E-state index in [1.165, 1.54) is 25.7 Å². The second kappa shape index (κ2) is 18.1. The van der Waals surface area contributed by atoms with Crippen LogP contribution in [0.25, 0.3) is 0 Å². The van der Waals surface area contributed by atoms with Crippen molar-refractivity contribution in [3.63, 3.8) is 0 Å². The largest absolute Gasteiger partial charge is 0.463 e. The summed E-state index contributed by atoms with van der Waals surface area (Å²) in [5, 5.41) is 29.7. The average molecular weight is 403 g/mol. The van der Waals surface area contributed by atoms with Crippen LogP contribution in [0.1, 0.15) is 104 Å². The van der Waals surface area contributed by atoms with Gasteiger partial charge in [-0.05, 0) is 12.8 Å². The quantitative estimate of drug-likeness (QED) is 0.225. The second-order valence-electron chi connectivity index (χ2n) is 7.69. The van der Waals surface area contributed by atoms with E-state index in [1.807, 2.05) is 0 Å². The maximum absolute atomic E-state index is 11.9. The van der Waals surface area contributed by atoms with Gasteiger partial charge < -0.3 is 20.1 Å². The highest BCUT2D eigenvalue weighted by molar-refractivity contribution is 5.83. The minimum atomic E-state index is -1.65. The first kappa shape index (κ1) is 27.0. The molecular formula is C22H42O6. The zero-order chi connectivity index (χ0) is 21.2. The summed E-state index contributed by atoms with van der Waals surface area (Å²) in [6, 6.07) is 0. The Balaban J connectivity index is 3.90. The Kier molecular flexibility index (Phi) is 17.4. The van der Waals surface area contributed by atoms with E-state index in [0.717, 1.165) is 44.9 Å². The van der Waals surface area contributed by atoms with Crippen molar-refractivity contribution in [1.29, 1.82) is 0 Å². The minimum absolute atomic E-state index is 0.175. The molecule has 0 fully saturated rings. The zero-order valence-electron chi connectivity index (χ0n) is 17.9. The summed E-state index contributed by atoms with van der Waals surface area (Å²) in [4.78, 5) is 23.6. The fourth-order valence-corrected chi connectivity index (χ4v) is 3.03. The number of hydrogen-bond acceptors (Lipinski definition) is 6. The zero-order valence-corrected chi connectivity index (χ0v) is 17.9. The fraction of sp³-hybridized carbons (Fsp3) is 0.909. The van der Waals surface area contributed by atoms with Gasteiger partial charge in [-0.25, -0.2) is 0 Å². The molecule has 0 rings (SSSR count). The van der Waals surface area contributed by atoms with Crippen LogP contribution in [0, 0.1) is 0 Å². The molecule has 28 heavy (non-hydrogen) atoms. The molecule has 166 valence electrons. The Morgan fingerprint density at radius 1 is 0.714 bits per heavy atom. The van der Waals surface area contributed by atoms with Crippen LogP contribution in [-0.2, 0) is 14.3 Å². The number of rotatable bonds is 19. The van der Waals surface area contributed by atoms with Crippen LogP contribution in [0.3, 0.4) is 0 Å². The molecule has 0 bridgehead atoms. The first-order chi connectivity index (χ1) is 13.4. The molecule has 0 aliphatic heterocycles. The van der Waals surface area contributed by atoms with E-state index in [9.17, 15) is 24.9 Å². The number of hydrogen-bond donors (Lipinski definition) is 3. The summed E-state index contributed by atoms with van der Waals surface area (Å²) in [6.07, 6.45) is 8.12. The number of ketones is 1. The lowest BCUT2D eigenvalue weighted by molar-refractivity contribution is -0.154. The number of carbonyl (C=O) groups excluding carboxylic acids is 2. The van der Waals surface area contributed by atoms with Crippen LogP contribution in [0.15, 0.2) is 0 Å². The second-order valence-corrected chi connectivity index (χ2v) is 7.69. The molecule has 6 heteroatoms. The highest BCUT2D eigenvalue weighted by Gasteiger charge is 2.30. The van der Waals surface area contributed by atoms with Gasteiger partial charge >= 0.3 is 5.97 Å². The van der Waals surface area contributed by atoms with Crippen LogP contribution >= 0.6 is 0 Å². The first-order valence-corrected chi connectivity index (χ1v) is 11.2. The monoisotopic (exact) mass is 402 g/mol. The third kappa shape index (κ3) is 14.1. The van der Waals surface area contributed by atoms with Gasteiger partial charge in [0.2, 0.25) is 0 Å². The fourth-order valence-electron chi connectivity index (χ4n) is 3.03. The van der Waals surface area contributed by atoms with Gasteiger partial charge in [0.25, 0.3) is 0 Å². The van der Waals surface area contributed by atoms with Crippen molar-refractivity contribution in [1.82, 2.24) is 0 Å². The summed E-state index contributed by atoms with van der Waals surface area (Å²) in [6.45, 7) is 3.87. The maximum atomic E-state index is 11.9. The number of aliphatic hydroxyl groups is 3. The molecule has 0 aromatic carbocycles. The Labute approximate surface area is 170 Å². The van der Waals surface area contributed by atoms with Gasteiger partial charge in [-0.3, -0.25) is 9.59 Å². The van der Waals surface area contributed by atoms with Gasteiger partial charge in [-0.15, -0.1) is 0 Å². The van der Waals surface area contributed by atoms with Crippen LogP contribution in [-0.4, -0.2) is 52.0 Å². The molecule has 0 heterocycles. The summed E-state index contributed by atoms with van der Waals surface area (Å²) in [5.41, 5.74) is 0. The molecule has 3 atom stereocenters. The number of carbonyl (C=O) groups is 2. The highest BCUT2D eigenvalue weighted by atomic mass is 16.5. The van der Waals surface area contributed by atoms with Gasteiger partial charge in [0.15, 0.2) is 5.78 Å². The molecule has 0 aromatic heterocycles. The van der Waals surface area contributed by atoms with E-state index in [0.29, 0.717) is 6.42 Å². The van der Waals surface area contributed by atoms with Crippen molar-refractivity contribution in [2.45, 2.75) is 122 Å². The lowest BCUT2D eigenvalue weighted by Crippen LogP contribution is -2.44. The van der Waals surface area contributed by atoms with Crippen molar-refractivity contribution in [2.24, 2.45) is 0 Å². The summed E-state index contributed by atoms with van der Waals surface area (Å²) < 4.78 is 4.95. The summed E-state index contributed by atoms with van der Waals surface area (Å²) in [7, 11) is 0. The molecule has 3 N–H and O–H groups in total. The SMILES string of the molecule is CCCCCCCCC(=O)OC[C@@H](O)[C@@H](O)C(O)C(=O)CCCCCCCC. The predicted molar refractivity (Wildman–Crippen MR) is 110 cm³/mol. The van der Waals surface area contributed by atoms with Crippen molar-refractivity contribution in [3.8, 4) is 0 Å². The smallest absolute Gasteiger partial charge is 0.305 e. The topological polar surface area (TPSA) is 104 Å². The number of esters is 1. The molecule has 0 aliphatic rings. The van der Waals surface area contributed by atoms with E-state index in [2.05, 4.69) is 13.8 Å². The Bertz CT molecular complexity index is 398. The third-order valence-corrected chi connectivity index (χ3v) is 4.97. The van der Waals surface area contributed by atoms with Crippen LogP contribution in [0.5, 0.6) is 0 Å². The Morgan fingerprint density at radius 2 is 1.18 bits per heavy atom. The molecule has 0 spiro atoms. The number of ether oxygens (including phenoxy) is 1. The van der Waals surface area contributed by atoms with Crippen molar-refractivity contribution in [3.05, 3.63) is 0 Å². The van der Waals surface area contributed by atoms with Crippen LogP contribution < -0.4 is 0 Å². The minimum Gasteiger partial charge on any atom is -0.463 e. The molecule has 0 saturated carbocycles. The van der Waals surface area contributed by atoms with E-state index in [1.54, 1.807) is 0 Å². The van der Waals surface area contributed by atoms with E-state index in [4.69, 9.17) is 4.74 Å². The Hall–Kier alpha value is -0.980. The first-order valence-electron chi connectivity index (χ1n) is 11.2. The predicted octanol–water partition coefficient (Wildman–Crippen LogP) is 3.68. The van der Waals surface area contributed by atoms with Crippen molar-refractivity contribution < 1.29 is 29.6 Å². The standard InChI is InChI=1S/C22H42O6/c1-3-5-7-9-11-13-15-18(23)21(26)22(27)19(24)17-28-20(25)16-14-12-10-8-6-4-2/h19,21-22,24,26-27H,3-17H2,1-2H3/t19-,21?,22-/m1/s1. The molecular weight excluding hydrogens is 360 g/mol. The normalized spacial score (nSPS) is 14.5. The van der Waals surface area contributed by atoms with Gasteiger partial charge in [-0.2, -0.15) is 0 Å². The Morgan fingerprint density at radius 3 is 1.71 bits per heavy atom. The van der Waals surface area contributed by atoms with E-state index in [-0.39, 0.29) is 12.8 Å². The lowest BCUT2D eigenvalue weighted by Gasteiger charge is -2.22. The lowest BCUT2D eigenvalue weighted by atomic mass is 10.00. The molecule has 0 radical (unpaired) electrons. The molecule has 0 saturated heterocycles. The van der Waals surface area contributed by atoms with Crippen LogP contribution in [0.2, 0.25) is 0 Å². The molecule has 6 nitrogen and oxygen atoms in total. The molecule has 0 aliphatic carbocycles. The summed E-state index contributed by atoms with van der Waals surface area (Å²) >= 11 is 0. The highest BCUT2D eigenvalue weighted by Crippen LogP contribution is 2.11. The van der Waals surface area contributed by atoms with E-state index >= 15 is 0 Å². The summed E-state index contributed by atoms with van der Waals surface area (Å²) in [5.74, 6) is -0.921. The van der Waals surface area contributed by atoms with E-state index < -0.39 is 36.7 Å². The van der Waals surface area contributed by atoms with Gasteiger partial charge in [0.05, 0.1) is 0 Å². The number of Topliss-reactive ketones (excluding diaryl/α,β-unsaturated/α-hetero) is 1. The van der Waals surface area contributed by atoms with Crippen LogP contribution in [0.4, 0.5) is 0 Å². The molecule has 0 amide bonds. The number of unbranched alkanes of at least 4 members (excludes halogenated alkanes) is 10. The van der Waals surface area contributed by atoms with Crippen molar-refractivity contribution >= 4 is 11.8 Å². The number of aliphatic hydroxyl groups excluding tert-OH is 3. The van der Waals surface area contributed by atoms with Crippen molar-refractivity contribution in [2.75, 3.05) is 6.61 Å². The maximum Gasteiger partial charge on any atom is 0.305 e. The third-order valence-electron chi connectivity index (χ3n) is 4.97. The molecule has 1 unspecified atom stereocenters. The van der Waals surface area contributed by atoms with Gasteiger partial charge in [0, 0.05) is 12.8 Å².